The summed E-state index contributed by atoms with van der Waals surface area (Å²) in [6.07, 6.45) is 1.15. The largest absolute Gasteiger partial charge is 0.497 e. The Morgan fingerprint density at radius 3 is 2.94 bits per heavy atom. The van der Waals surface area contributed by atoms with Crippen molar-refractivity contribution in [1.82, 2.24) is 0 Å². The quantitative estimate of drug-likeness (QED) is 0.629. The van der Waals surface area contributed by atoms with E-state index in [4.69, 9.17) is 21.1 Å². The molecule has 1 N–H and O–H groups in total. The molecule has 94 valence electrons. The number of ether oxygens (including phenoxy) is 2. The molecule has 0 saturated heterocycles. The standard InChI is InChI=1S/C12H16ClNO3/c1-16-11-6-4-5-10(9-11)14-12(15)17-8-3-2-7-13/h4-6,9H,2-3,7-8H2,1H3,(H,14,15). The molecule has 0 bridgehead atoms. The van der Waals surface area contributed by atoms with Crippen molar-refractivity contribution in [1.29, 1.82) is 0 Å². The van der Waals surface area contributed by atoms with Crippen molar-refractivity contribution in [3.05, 3.63) is 24.3 Å². The van der Waals surface area contributed by atoms with Crippen molar-refractivity contribution in [3.8, 4) is 5.75 Å². The summed E-state index contributed by atoms with van der Waals surface area (Å²) >= 11 is 5.51. The second-order valence-corrected chi connectivity index (χ2v) is 3.77. The zero-order valence-corrected chi connectivity index (χ0v) is 10.5. The summed E-state index contributed by atoms with van der Waals surface area (Å²) in [7, 11) is 1.57. The van der Waals surface area contributed by atoms with Crippen molar-refractivity contribution in [2.45, 2.75) is 12.8 Å². The normalized spacial score (nSPS) is 9.76. The Morgan fingerprint density at radius 2 is 2.24 bits per heavy atom. The first-order chi connectivity index (χ1) is 8.26. The van der Waals surface area contributed by atoms with Crippen LogP contribution in [-0.4, -0.2) is 25.7 Å². The fourth-order valence-electron chi connectivity index (χ4n) is 1.22. The summed E-state index contributed by atoms with van der Waals surface area (Å²) in [6, 6.07) is 7.08. The lowest BCUT2D eigenvalue weighted by Gasteiger charge is -2.07. The SMILES string of the molecule is COc1cccc(NC(=O)OCCCCCl)c1. The second-order valence-electron chi connectivity index (χ2n) is 3.39. The average Bonchev–Trinajstić information content (AvgIpc) is 2.35. The second kappa shape index (κ2) is 7.79. The Bertz CT molecular complexity index is 357. The van der Waals surface area contributed by atoms with E-state index < -0.39 is 6.09 Å². The van der Waals surface area contributed by atoms with E-state index in [-0.39, 0.29) is 0 Å². The number of amides is 1. The lowest BCUT2D eigenvalue weighted by molar-refractivity contribution is 0.160. The average molecular weight is 258 g/mol. The molecular formula is C12H16ClNO3. The maximum atomic E-state index is 11.4. The third kappa shape index (κ3) is 5.45. The van der Waals surface area contributed by atoms with E-state index >= 15 is 0 Å². The molecule has 0 unspecified atom stereocenters. The fourth-order valence-corrected chi connectivity index (χ4v) is 1.41. The van der Waals surface area contributed by atoms with Crippen LogP contribution in [0.2, 0.25) is 0 Å². The molecule has 1 aromatic rings. The van der Waals surface area contributed by atoms with Gasteiger partial charge in [-0.2, -0.15) is 0 Å². The predicted octanol–water partition coefficient (Wildman–Crippen LogP) is 3.26. The summed E-state index contributed by atoms with van der Waals surface area (Å²) in [5.74, 6) is 1.27. The van der Waals surface area contributed by atoms with Crippen molar-refractivity contribution in [2.24, 2.45) is 0 Å². The maximum Gasteiger partial charge on any atom is 0.411 e. The topological polar surface area (TPSA) is 47.6 Å². The van der Waals surface area contributed by atoms with Crippen LogP contribution in [0.4, 0.5) is 10.5 Å². The number of hydrogen-bond donors (Lipinski definition) is 1. The number of unbranched alkanes of at least 4 members (excludes halogenated alkanes) is 1. The molecule has 0 spiro atoms. The molecule has 5 heteroatoms. The monoisotopic (exact) mass is 257 g/mol. The molecule has 1 amide bonds. The molecule has 0 fully saturated rings. The van der Waals surface area contributed by atoms with Crippen LogP contribution in [0.15, 0.2) is 24.3 Å². The predicted molar refractivity (Wildman–Crippen MR) is 67.9 cm³/mol. The van der Waals surface area contributed by atoms with Gasteiger partial charge >= 0.3 is 6.09 Å². The van der Waals surface area contributed by atoms with Gasteiger partial charge in [0.25, 0.3) is 0 Å². The smallest absolute Gasteiger partial charge is 0.411 e. The van der Waals surface area contributed by atoms with Gasteiger partial charge in [0.2, 0.25) is 0 Å². The van der Waals surface area contributed by atoms with Crippen LogP contribution in [0.25, 0.3) is 0 Å². The number of nitrogens with one attached hydrogen (secondary N) is 1. The van der Waals surface area contributed by atoms with Gasteiger partial charge in [-0.15, -0.1) is 11.6 Å². The molecule has 0 radical (unpaired) electrons. The number of hydrogen-bond acceptors (Lipinski definition) is 3. The minimum absolute atomic E-state index is 0.378. The van der Waals surface area contributed by atoms with Crippen LogP contribution < -0.4 is 10.1 Å². The summed E-state index contributed by atoms with van der Waals surface area (Å²) < 4.78 is 10.0. The van der Waals surface area contributed by atoms with Gasteiger partial charge in [-0.25, -0.2) is 4.79 Å². The molecule has 1 rings (SSSR count). The van der Waals surface area contributed by atoms with Gasteiger partial charge in [0.05, 0.1) is 13.7 Å². The number of anilines is 1. The van der Waals surface area contributed by atoms with Crippen LogP contribution in [0.3, 0.4) is 0 Å². The molecule has 0 saturated carbocycles. The van der Waals surface area contributed by atoms with E-state index in [1.54, 1.807) is 31.4 Å². The summed E-state index contributed by atoms with van der Waals surface area (Å²) in [5, 5.41) is 2.62. The number of alkyl halides is 1. The van der Waals surface area contributed by atoms with Gasteiger partial charge < -0.3 is 9.47 Å². The fraction of sp³-hybridized carbons (Fsp3) is 0.417. The minimum atomic E-state index is -0.465. The number of methoxy groups -OCH3 is 1. The van der Waals surface area contributed by atoms with Crippen LogP contribution >= 0.6 is 11.6 Å². The number of halogens is 1. The lowest BCUT2D eigenvalue weighted by Crippen LogP contribution is -2.14. The van der Waals surface area contributed by atoms with Gasteiger partial charge in [0, 0.05) is 17.6 Å². The number of carbonyl (C=O) groups is 1. The summed E-state index contributed by atoms with van der Waals surface area (Å²) in [5.41, 5.74) is 0.645. The summed E-state index contributed by atoms with van der Waals surface area (Å²) in [4.78, 5) is 11.4. The molecule has 0 aromatic heterocycles. The molecule has 0 heterocycles. The number of carbonyl (C=O) groups excluding carboxylic acids is 1. The molecule has 0 aliphatic carbocycles. The number of benzene rings is 1. The molecular weight excluding hydrogens is 242 g/mol. The highest BCUT2D eigenvalue weighted by Crippen LogP contribution is 2.16. The van der Waals surface area contributed by atoms with Crippen LogP contribution in [0.1, 0.15) is 12.8 Å². The van der Waals surface area contributed by atoms with Crippen molar-refractivity contribution in [2.75, 3.05) is 24.9 Å². The highest BCUT2D eigenvalue weighted by atomic mass is 35.5. The van der Waals surface area contributed by atoms with Gasteiger partial charge in [-0.1, -0.05) is 6.07 Å². The number of rotatable bonds is 6. The molecule has 0 aliphatic heterocycles. The van der Waals surface area contributed by atoms with E-state index in [0.717, 1.165) is 12.8 Å². The zero-order chi connectivity index (χ0) is 12.5. The molecule has 0 aliphatic rings. The molecule has 0 atom stereocenters. The third-order valence-corrected chi connectivity index (χ3v) is 2.34. The third-order valence-electron chi connectivity index (χ3n) is 2.08. The highest BCUT2D eigenvalue weighted by Gasteiger charge is 2.03. The van der Waals surface area contributed by atoms with Gasteiger partial charge in [-0.3, -0.25) is 5.32 Å². The molecule has 17 heavy (non-hydrogen) atoms. The van der Waals surface area contributed by atoms with Crippen LogP contribution in [0.5, 0.6) is 5.75 Å². The van der Waals surface area contributed by atoms with Crippen molar-refractivity contribution >= 4 is 23.4 Å². The van der Waals surface area contributed by atoms with E-state index in [1.807, 2.05) is 0 Å². The van der Waals surface area contributed by atoms with E-state index in [0.29, 0.717) is 23.9 Å². The Morgan fingerprint density at radius 1 is 1.41 bits per heavy atom. The van der Waals surface area contributed by atoms with Gasteiger partial charge in [-0.05, 0) is 25.0 Å². The van der Waals surface area contributed by atoms with E-state index in [9.17, 15) is 4.79 Å². The minimum Gasteiger partial charge on any atom is -0.497 e. The molecule has 4 nitrogen and oxygen atoms in total. The van der Waals surface area contributed by atoms with Crippen molar-refractivity contribution in [3.63, 3.8) is 0 Å². The maximum absolute atomic E-state index is 11.4. The first kappa shape index (κ1) is 13.6. The Kier molecular flexibility index (Phi) is 6.25. The van der Waals surface area contributed by atoms with E-state index in [1.165, 1.54) is 0 Å². The van der Waals surface area contributed by atoms with E-state index in [2.05, 4.69) is 5.32 Å². The van der Waals surface area contributed by atoms with Crippen LogP contribution in [0, 0.1) is 0 Å². The summed E-state index contributed by atoms with van der Waals surface area (Å²) in [6.45, 7) is 0.378. The Hall–Kier alpha value is -1.42. The zero-order valence-electron chi connectivity index (χ0n) is 9.74. The first-order valence-electron chi connectivity index (χ1n) is 5.40. The Labute approximate surface area is 106 Å². The lowest BCUT2D eigenvalue weighted by atomic mass is 10.3. The highest BCUT2D eigenvalue weighted by molar-refractivity contribution is 6.17. The van der Waals surface area contributed by atoms with Crippen LogP contribution in [-0.2, 0) is 4.74 Å². The Balaban J connectivity index is 2.34. The van der Waals surface area contributed by atoms with Gasteiger partial charge in [0.1, 0.15) is 5.75 Å². The van der Waals surface area contributed by atoms with Gasteiger partial charge in [0.15, 0.2) is 0 Å². The van der Waals surface area contributed by atoms with Crippen molar-refractivity contribution < 1.29 is 14.3 Å². The molecule has 1 aromatic carbocycles. The first-order valence-corrected chi connectivity index (χ1v) is 5.93.